The molecule has 0 aliphatic heterocycles. The molecule has 1 N–H and O–H groups in total. The van der Waals surface area contributed by atoms with E-state index in [0.717, 1.165) is 12.8 Å². The van der Waals surface area contributed by atoms with Crippen molar-refractivity contribution < 1.29 is 14.1 Å². The SMILES string of the molecule is CCCCN(CC(=O)Nc1ccon1)C(=O)c1ccccc1. The van der Waals surface area contributed by atoms with Crippen LogP contribution in [0.2, 0.25) is 0 Å². The molecule has 0 unspecified atom stereocenters. The third kappa shape index (κ3) is 4.44. The van der Waals surface area contributed by atoms with Crippen LogP contribution in [0.5, 0.6) is 0 Å². The number of rotatable bonds is 7. The van der Waals surface area contributed by atoms with Crippen LogP contribution in [0.15, 0.2) is 47.2 Å². The third-order valence-electron chi connectivity index (χ3n) is 3.13. The van der Waals surface area contributed by atoms with Gasteiger partial charge in [-0.05, 0) is 18.6 Å². The van der Waals surface area contributed by atoms with E-state index in [1.54, 1.807) is 35.2 Å². The first kappa shape index (κ1) is 15.8. The number of carbonyl (C=O) groups excluding carboxylic acids is 2. The van der Waals surface area contributed by atoms with Crippen molar-refractivity contribution in [2.75, 3.05) is 18.4 Å². The summed E-state index contributed by atoms with van der Waals surface area (Å²) in [6, 6.07) is 10.5. The van der Waals surface area contributed by atoms with Gasteiger partial charge in [-0.15, -0.1) is 0 Å². The molecule has 6 nitrogen and oxygen atoms in total. The molecule has 2 rings (SSSR count). The van der Waals surface area contributed by atoms with Gasteiger partial charge in [0.2, 0.25) is 5.91 Å². The molecular weight excluding hydrogens is 282 g/mol. The molecule has 1 aromatic carbocycles. The normalized spacial score (nSPS) is 10.2. The number of nitrogens with zero attached hydrogens (tertiary/aromatic N) is 2. The molecule has 1 heterocycles. The highest BCUT2D eigenvalue weighted by atomic mass is 16.5. The number of nitrogens with one attached hydrogen (secondary N) is 1. The zero-order chi connectivity index (χ0) is 15.8. The molecule has 0 spiro atoms. The van der Waals surface area contributed by atoms with Crippen molar-refractivity contribution in [2.45, 2.75) is 19.8 Å². The molecular formula is C16H19N3O3. The van der Waals surface area contributed by atoms with Crippen molar-refractivity contribution in [1.82, 2.24) is 10.1 Å². The highest BCUT2D eigenvalue weighted by Crippen LogP contribution is 2.07. The summed E-state index contributed by atoms with van der Waals surface area (Å²) in [5.74, 6) is -0.105. The van der Waals surface area contributed by atoms with Gasteiger partial charge >= 0.3 is 0 Å². The van der Waals surface area contributed by atoms with E-state index in [2.05, 4.69) is 15.0 Å². The van der Waals surface area contributed by atoms with E-state index in [1.807, 2.05) is 13.0 Å². The van der Waals surface area contributed by atoms with Crippen molar-refractivity contribution in [1.29, 1.82) is 0 Å². The Hall–Kier alpha value is -2.63. The molecule has 116 valence electrons. The first-order valence-corrected chi connectivity index (χ1v) is 7.25. The zero-order valence-corrected chi connectivity index (χ0v) is 12.5. The van der Waals surface area contributed by atoms with Gasteiger partial charge in [-0.2, -0.15) is 0 Å². The molecule has 6 heteroatoms. The van der Waals surface area contributed by atoms with Gasteiger partial charge in [0.25, 0.3) is 5.91 Å². The van der Waals surface area contributed by atoms with Gasteiger partial charge in [-0.1, -0.05) is 36.7 Å². The van der Waals surface area contributed by atoms with Crippen LogP contribution in [0.4, 0.5) is 5.82 Å². The lowest BCUT2D eigenvalue weighted by atomic mass is 10.2. The minimum Gasteiger partial charge on any atom is -0.363 e. The summed E-state index contributed by atoms with van der Waals surface area (Å²) in [4.78, 5) is 26.1. The Kier molecular flexibility index (Phi) is 5.71. The molecule has 22 heavy (non-hydrogen) atoms. The number of aromatic nitrogens is 1. The number of unbranched alkanes of at least 4 members (excludes halogenated alkanes) is 1. The first-order valence-electron chi connectivity index (χ1n) is 7.25. The topological polar surface area (TPSA) is 75.4 Å². The minimum atomic E-state index is -0.297. The van der Waals surface area contributed by atoms with E-state index in [1.165, 1.54) is 6.26 Å². The number of carbonyl (C=O) groups is 2. The Labute approximate surface area is 129 Å². The molecule has 0 aliphatic carbocycles. The summed E-state index contributed by atoms with van der Waals surface area (Å²) in [5, 5.41) is 6.22. The van der Waals surface area contributed by atoms with Crippen LogP contribution in [0.3, 0.4) is 0 Å². The minimum absolute atomic E-state index is 0.0133. The Morgan fingerprint density at radius 3 is 2.64 bits per heavy atom. The number of benzene rings is 1. The standard InChI is InChI=1S/C16H19N3O3/c1-2-3-10-19(16(21)13-7-5-4-6-8-13)12-15(20)17-14-9-11-22-18-14/h4-9,11H,2-3,10,12H2,1H3,(H,17,18,20). The van der Waals surface area contributed by atoms with Crippen LogP contribution in [-0.4, -0.2) is 35.0 Å². The molecule has 2 amide bonds. The lowest BCUT2D eigenvalue weighted by Crippen LogP contribution is -2.38. The molecule has 1 aromatic heterocycles. The zero-order valence-electron chi connectivity index (χ0n) is 12.5. The van der Waals surface area contributed by atoms with Crippen molar-refractivity contribution >= 4 is 17.6 Å². The number of hydrogen-bond acceptors (Lipinski definition) is 4. The van der Waals surface area contributed by atoms with Crippen LogP contribution in [-0.2, 0) is 4.79 Å². The second-order valence-electron chi connectivity index (χ2n) is 4.88. The highest BCUT2D eigenvalue weighted by Gasteiger charge is 2.18. The summed E-state index contributed by atoms with van der Waals surface area (Å²) in [6.07, 6.45) is 3.17. The Morgan fingerprint density at radius 2 is 2.00 bits per heavy atom. The third-order valence-corrected chi connectivity index (χ3v) is 3.13. The smallest absolute Gasteiger partial charge is 0.254 e. The van der Waals surface area contributed by atoms with Crippen molar-refractivity contribution in [2.24, 2.45) is 0 Å². The number of amides is 2. The van der Waals surface area contributed by atoms with Crippen LogP contribution < -0.4 is 5.32 Å². The summed E-state index contributed by atoms with van der Waals surface area (Å²) in [7, 11) is 0. The molecule has 0 saturated heterocycles. The first-order chi connectivity index (χ1) is 10.7. The summed E-state index contributed by atoms with van der Waals surface area (Å²) < 4.78 is 4.66. The fraction of sp³-hybridized carbons (Fsp3) is 0.312. The maximum Gasteiger partial charge on any atom is 0.254 e. The maximum atomic E-state index is 12.5. The highest BCUT2D eigenvalue weighted by molar-refractivity contribution is 5.99. The average Bonchev–Trinajstić information content (AvgIpc) is 3.04. The van der Waals surface area contributed by atoms with Crippen molar-refractivity contribution in [3.8, 4) is 0 Å². The van der Waals surface area contributed by atoms with Crippen LogP contribution in [0.25, 0.3) is 0 Å². The second kappa shape index (κ2) is 7.97. The van der Waals surface area contributed by atoms with Gasteiger partial charge in [0.1, 0.15) is 12.8 Å². The Bertz CT molecular complexity index is 596. The van der Waals surface area contributed by atoms with E-state index in [9.17, 15) is 9.59 Å². The quantitative estimate of drug-likeness (QED) is 0.852. The molecule has 0 bridgehead atoms. The van der Waals surface area contributed by atoms with Crippen molar-refractivity contribution in [3.63, 3.8) is 0 Å². The van der Waals surface area contributed by atoms with Gasteiger partial charge in [0.05, 0.1) is 0 Å². The molecule has 0 atom stereocenters. The van der Waals surface area contributed by atoms with E-state index in [-0.39, 0.29) is 18.4 Å². The van der Waals surface area contributed by atoms with E-state index in [4.69, 9.17) is 0 Å². The van der Waals surface area contributed by atoms with Crippen LogP contribution in [0.1, 0.15) is 30.1 Å². The van der Waals surface area contributed by atoms with Gasteiger partial charge < -0.3 is 14.7 Å². The largest absolute Gasteiger partial charge is 0.363 e. The second-order valence-corrected chi connectivity index (χ2v) is 4.88. The van der Waals surface area contributed by atoms with Gasteiger partial charge in [-0.3, -0.25) is 9.59 Å². The molecule has 0 radical (unpaired) electrons. The molecule has 2 aromatic rings. The van der Waals surface area contributed by atoms with Crippen LogP contribution >= 0.6 is 0 Å². The predicted octanol–water partition coefficient (Wildman–Crippen LogP) is 2.56. The summed E-state index contributed by atoms with van der Waals surface area (Å²) in [5.41, 5.74) is 0.577. The van der Waals surface area contributed by atoms with Gasteiger partial charge in [-0.25, -0.2) is 0 Å². The van der Waals surface area contributed by atoms with Gasteiger partial charge in [0.15, 0.2) is 5.82 Å². The summed E-state index contributed by atoms with van der Waals surface area (Å²) in [6.45, 7) is 2.57. The number of anilines is 1. The Morgan fingerprint density at radius 1 is 1.23 bits per heavy atom. The van der Waals surface area contributed by atoms with Crippen molar-refractivity contribution in [3.05, 3.63) is 48.2 Å². The monoisotopic (exact) mass is 301 g/mol. The molecule has 0 aliphatic rings. The van der Waals surface area contributed by atoms with E-state index >= 15 is 0 Å². The molecule has 0 fully saturated rings. The molecule has 0 saturated carbocycles. The van der Waals surface area contributed by atoms with E-state index in [0.29, 0.717) is 17.9 Å². The fourth-order valence-corrected chi connectivity index (χ4v) is 2.00. The summed E-state index contributed by atoms with van der Waals surface area (Å²) >= 11 is 0. The van der Waals surface area contributed by atoms with E-state index < -0.39 is 0 Å². The average molecular weight is 301 g/mol. The Balaban J connectivity index is 2.02. The van der Waals surface area contributed by atoms with Gasteiger partial charge in [0, 0.05) is 18.2 Å². The number of hydrogen-bond donors (Lipinski definition) is 1. The lowest BCUT2D eigenvalue weighted by molar-refractivity contribution is -0.116. The lowest BCUT2D eigenvalue weighted by Gasteiger charge is -2.21. The van der Waals surface area contributed by atoms with Crippen LogP contribution in [0, 0.1) is 0 Å². The fourth-order valence-electron chi connectivity index (χ4n) is 2.00. The predicted molar refractivity (Wildman–Crippen MR) is 82.4 cm³/mol. The maximum absolute atomic E-state index is 12.5.